The third-order valence-corrected chi connectivity index (χ3v) is 5.15. The molecule has 1 aliphatic heterocycles. The fraction of sp³-hybridized carbons (Fsp3) is 0.136. The van der Waals surface area contributed by atoms with Crippen LogP contribution < -0.4 is 4.90 Å². The van der Waals surface area contributed by atoms with Crippen LogP contribution in [0.4, 0.5) is 5.69 Å². The van der Waals surface area contributed by atoms with Crippen molar-refractivity contribution in [2.45, 2.75) is 18.6 Å². The summed E-state index contributed by atoms with van der Waals surface area (Å²) in [5.74, 6) is -0.854. The average Bonchev–Trinajstić information content (AvgIpc) is 2.92. The first-order valence-corrected chi connectivity index (χ1v) is 9.18. The Morgan fingerprint density at radius 3 is 2.54 bits per heavy atom. The molecule has 0 saturated carbocycles. The zero-order valence-electron chi connectivity index (χ0n) is 14.9. The highest BCUT2D eigenvalue weighted by Gasteiger charge is 2.50. The van der Waals surface area contributed by atoms with Crippen molar-refractivity contribution in [1.82, 2.24) is 4.98 Å². The maximum absolute atomic E-state index is 13.2. The van der Waals surface area contributed by atoms with Crippen molar-refractivity contribution in [3.05, 3.63) is 94.8 Å². The Hall–Kier alpha value is -3.02. The van der Waals surface area contributed by atoms with E-state index in [0.29, 0.717) is 21.8 Å². The molecule has 0 spiro atoms. The molecule has 1 amide bonds. The number of nitrogens with zero attached hydrogens (tertiary/aromatic N) is 2. The molecule has 1 unspecified atom stereocenters. The van der Waals surface area contributed by atoms with Crippen LogP contribution in [-0.2, 0) is 16.9 Å². The van der Waals surface area contributed by atoms with Gasteiger partial charge in [0.25, 0.3) is 5.91 Å². The molecule has 0 bridgehead atoms. The lowest BCUT2D eigenvalue weighted by Gasteiger charge is -2.23. The van der Waals surface area contributed by atoms with E-state index in [0.717, 1.165) is 5.56 Å². The molecule has 6 heteroatoms. The summed E-state index contributed by atoms with van der Waals surface area (Å²) in [6, 6.07) is 17.4. The van der Waals surface area contributed by atoms with Gasteiger partial charge in [0.05, 0.1) is 18.7 Å². The molecule has 28 heavy (non-hydrogen) atoms. The highest BCUT2D eigenvalue weighted by molar-refractivity contribution is 6.30. The summed E-state index contributed by atoms with van der Waals surface area (Å²) < 4.78 is 0. The molecule has 3 aromatic rings. The number of fused-ring (bicyclic) bond motifs is 1. The smallest absolute Gasteiger partial charge is 0.264 e. The minimum absolute atomic E-state index is 0.274. The quantitative estimate of drug-likeness (QED) is 0.671. The Balaban J connectivity index is 1.68. The number of carbonyl (C=O) groups excluding carboxylic acids is 2. The van der Waals surface area contributed by atoms with Crippen LogP contribution in [0.1, 0.15) is 27.9 Å². The molecule has 0 aliphatic carbocycles. The zero-order valence-corrected chi connectivity index (χ0v) is 15.6. The van der Waals surface area contributed by atoms with E-state index in [1.165, 1.54) is 11.1 Å². The van der Waals surface area contributed by atoms with E-state index in [4.69, 9.17) is 11.6 Å². The van der Waals surface area contributed by atoms with Crippen LogP contribution in [0.2, 0.25) is 5.02 Å². The summed E-state index contributed by atoms with van der Waals surface area (Å²) in [6.07, 6.45) is 2.66. The summed E-state index contributed by atoms with van der Waals surface area (Å²) in [7, 11) is 0. The topological polar surface area (TPSA) is 70.5 Å². The highest BCUT2D eigenvalue weighted by atomic mass is 35.5. The van der Waals surface area contributed by atoms with Crippen LogP contribution in [0.25, 0.3) is 0 Å². The number of rotatable bonds is 5. The number of para-hydroxylation sites is 1. The molecule has 0 fully saturated rings. The van der Waals surface area contributed by atoms with Gasteiger partial charge in [-0.25, -0.2) is 0 Å². The number of aromatic nitrogens is 1. The van der Waals surface area contributed by atoms with Gasteiger partial charge in [-0.05, 0) is 35.9 Å². The SMILES string of the molecule is O=C(CC1(O)C(=O)N(Cc2ccc(Cl)cc2)c2ccccc21)c1cccnc1. The van der Waals surface area contributed by atoms with Gasteiger partial charge in [-0.3, -0.25) is 14.6 Å². The van der Waals surface area contributed by atoms with Crippen molar-refractivity contribution in [2.24, 2.45) is 0 Å². The molecule has 5 nitrogen and oxygen atoms in total. The highest BCUT2D eigenvalue weighted by Crippen LogP contribution is 2.43. The predicted molar refractivity (Wildman–Crippen MR) is 106 cm³/mol. The molecule has 0 radical (unpaired) electrons. The van der Waals surface area contributed by atoms with E-state index >= 15 is 0 Å². The van der Waals surface area contributed by atoms with Gasteiger partial charge in [0, 0.05) is 28.5 Å². The summed E-state index contributed by atoms with van der Waals surface area (Å²) in [6.45, 7) is 0.274. The van der Waals surface area contributed by atoms with Crippen LogP contribution in [-0.4, -0.2) is 21.8 Å². The van der Waals surface area contributed by atoms with Crippen LogP contribution in [0, 0.1) is 0 Å². The summed E-state index contributed by atoms with van der Waals surface area (Å²) in [5.41, 5.74) is 0.360. The van der Waals surface area contributed by atoms with Gasteiger partial charge in [0.2, 0.25) is 0 Å². The van der Waals surface area contributed by atoms with Gasteiger partial charge in [0.1, 0.15) is 0 Å². The van der Waals surface area contributed by atoms with Crippen molar-refractivity contribution in [2.75, 3.05) is 4.90 Å². The summed E-state index contributed by atoms with van der Waals surface area (Å²) in [4.78, 5) is 31.3. The number of pyridine rings is 1. The molecule has 0 saturated heterocycles. The van der Waals surface area contributed by atoms with E-state index in [-0.39, 0.29) is 18.7 Å². The van der Waals surface area contributed by atoms with Crippen molar-refractivity contribution in [3.8, 4) is 0 Å². The number of halogens is 1. The third kappa shape index (κ3) is 3.19. The maximum atomic E-state index is 13.2. The van der Waals surface area contributed by atoms with Crippen molar-refractivity contribution < 1.29 is 14.7 Å². The number of hydrogen-bond donors (Lipinski definition) is 1. The van der Waals surface area contributed by atoms with E-state index in [9.17, 15) is 14.7 Å². The monoisotopic (exact) mass is 392 g/mol. The standard InChI is InChI=1S/C22H17ClN2O3/c23-17-9-7-15(8-10-17)14-25-19-6-2-1-5-18(19)22(28,21(25)27)12-20(26)16-4-3-11-24-13-16/h1-11,13,28H,12,14H2. The zero-order chi connectivity index (χ0) is 19.7. The third-order valence-electron chi connectivity index (χ3n) is 4.89. The molecule has 2 heterocycles. The molecule has 140 valence electrons. The maximum Gasteiger partial charge on any atom is 0.264 e. The van der Waals surface area contributed by atoms with Gasteiger partial charge in [-0.1, -0.05) is 41.9 Å². The van der Waals surface area contributed by atoms with Gasteiger partial charge < -0.3 is 10.0 Å². The average molecular weight is 393 g/mol. The predicted octanol–water partition coefficient (Wildman–Crippen LogP) is 3.74. The second-order valence-corrected chi connectivity index (χ2v) is 7.17. The molecule has 1 aliphatic rings. The first kappa shape index (κ1) is 18.3. The first-order valence-electron chi connectivity index (χ1n) is 8.80. The Morgan fingerprint density at radius 1 is 1.07 bits per heavy atom. The Labute approximate surface area is 167 Å². The molecule has 1 atom stereocenters. The Bertz CT molecular complexity index is 1040. The normalized spacial score (nSPS) is 18.2. The number of benzene rings is 2. The van der Waals surface area contributed by atoms with E-state index < -0.39 is 11.5 Å². The van der Waals surface area contributed by atoms with E-state index in [2.05, 4.69) is 4.98 Å². The molecular formula is C22H17ClN2O3. The number of aliphatic hydroxyl groups is 1. The number of amides is 1. The van der Waals surface area contributed by atoms with Gasteiger partial charge in [-0.15, -0.1) is 0 Å². The Morgan fingerprint density at radius 2 is 1.82 bits per heavy atom. The summed E-state index contributed by atoms with van der Waals surface area (Å²) in [5, 5.41) is 11.9. The lowest BCUT2D eigenvalue weighted by Crippen LogP contribution is -2.41. The van der Waals surface area contributed by atoms with E-state index in [1.807, 2.05) is 12.1 Å². The van der Waals surface area contributed by atoms with Crippen molar-refractivity contribution in [3.63, 3.8) is 0 Å². The second-order valence-electron chi connectivity index (χ2n) is 6.74. The largest absolute Gasteiger partial charge is 0.375 e. The number of ketones is 1. The van der Waals surface area contributed by atoms with Gasteiger partial charge in [-0.2, -0.15) is 0 Å². The lowest BCUT2D eigenvalue weighted by molar-refractivity contribution is -0.136. The Kier molecular flexibility index (Phi) is 4.71. The van der Waals surface area contributed by atoms with Crippen LogP contribution >= 0.6 is 11.6 Å². The van der Waals surface area contributed by atoms with Crippen LogP contribution in [0.15, 0.2) is 73.1 Å². The van der Waals surface area contributed by atoms with E-state index in [1.54, 1.807) is 54.7 Å². The molecular weight excluding hydrogens is 376 g/mol. The number of anilines is 1. The molecule has 4 rings (SSSR count). The molecule has 1 aromatic heterocycles. The number of hydrogen-bond acceptors (Lipinski definition) is 4. The molecule has 2 aromatic carbocycles. The lowest BCUT2D eigenvalue weighted by atomic mass is 9.88. The first-order chi connectivity index (χ1) is 13.5. The number of Topliss-reactive ketones (excluding diaryl/α,β-unsaturated/α-hetero) is 1. The fourth-order valence-electron chi connectivity index (χ4n) is 3.47. The van der Waals surface area contributed by atoms with Gasteiger partial charge >= 0.3 is 0 Å². The van der Waals surface area contributed by atoms with Crippen LogP contribution in [0.3, 0.4) is 0 Å². The minimum Gasteiger partial charge on any atom is -0.375 e. The minimum atomic E-state index is -1.91. The fourth-order valence-corrected chi connectivity index (χ4v) is 3.59. The second kappa shape index (κ2) is 7.19. The number of carbonyl (C=O) groups is 2. The van der Waals surface area contributed by atoms with Gasteiger partial charge in [0.15, 0.2) is 11.4 Å². The van der Waals surface area contributed by atoms with Crippen LogP contribution in [0.5, 0.6) is 0 Å². The summed E-state index contributed by atoms with van der Waals surface area (Å²) >= 11 is 5.94. The van der Waals surface area contributed by atoms with Crippen molar-refractivity contribution >= 4 is 29.0 Å². The van der Waals surface area contributed by atoms with Crippen molar-refractivity contribution in [1.29, 1.82) is 0 Å². The molecule has 1 N–H and O–H groups in total.